The zero-order chi connectivity index (χ0) is 46.5. The number of carbonyl (C=O) groups is 2. The number of methoxy groups -OCH3 is 1. The summed E-state index contributed by atoms with van der Waals surface area (Å²) in [6.07, 6.45) is 7.39. The number of hydrogen-bond acceptors (Lipinski definition) is 14. The number of aryl methyl sites for hydroxylation is 1. The van der Waals surface area contributed by atoms with Crippen molar-refractivity contribution in [2.24, 2.45) is 35.3 Å². The van der Waals surface area contributed by atoms with Gasteiger partial charge in [0.2, 0.25) is 10.9 Å². The molecule has 4 aromatic rings. The summed E-state index contributed by atoms with van der Waals surface area (Å²) in [4.78, 5) is 62.1. The number of anilines is 2. The normalized spacial score (nSPS) is 30.5. The van der Waals surface area contributed by atoms with Gasteiger partial charge < -0.3 is 49.5 Å². The molecular formula is C49H60N4O11. The van der Waals surface area contributed by atoms with Crippen molar-refractivity contribution in [1.82, 2.24) is 4.98 Å². The molecule has 4 bridgehead atoms. The smallest absolute Gasteiger partial charge is 0.307 e. The second-order valence-electron chi connectivity index (χ2n) is 18.2. The van der Waals surface area contributed by atoms with Gasteiger partial charge in [0.1, 0.15) is 23.1 Å². The molecule has 5 N–H and O–H groups in total. The number of allylic oxidation sites excluding steroid dienone is 2. The summed E-state index contributed by atoms with van der Waals surface area (Å²) in [6.45, 7) is 17.2. The number of aromatic nitrogens is 1. The first-order chi connectivity index (χ1) is 30.3. The predicted octanol–water partition coefficient (Wildman–Crippen LogP) is 6.06. The van der Waals surface area contributed by atoms with Crippen LogP contribution in [0.15, 0.2) is 68.3 Å². The third-order valence-corrected chi connectivity index (χ3v) is 13.5. The molecule has 1 fully saturated rings. The average Bonchev–Trinajstić information content (AvgIpc) is 3.53. The molecule has 1 aromatic heterocycles. The first kappa shape index (κ1) is 46.2. The van der Waals surface area contributed by atoms with Crippen molar-refractivity contribution in [3.05, 3.63) is 85.6 Å². The molecular weight excluding hydrogens is 821 g/mol. The molecule has 15 nitrogen and oxygen atoms in total. The molecule has 3 aromatic carbocycles. The number of nitrogens with zero attached hydrogens (tertiary/aromatic N) is 2. The third kappa shape index (κ3) is 8.48. The Balaban J connectivity index is 1.46. The van der Waals surface area contributed by atoms with Gasteiger partial charge in [0, 0.05) is 86.1 Å². The SMILES string of the molecule is CO[C@H]1/C=C/O[C@@]2(C)Oc3c(C)cc4c(=O)c(c5oc6cc(N7CCC(C)CC7)cc(=O)c6nc5c4c3=C2O)NC(=O)/C(C)=C\C=C\[C@H](C)[C@H](N)[C@@H](C)[C@@H](O)[C@@H](C)[C@H](OC(C)=O)[C@@H]1C. The number of amides is 1. The van der Waals surface area contributed by atoms with E-state index < -0.39 is 76.4 Å². The van der Waals surface area contributed by atoms with Gasteiger partial charge in [-0.15, -0.1) is 0 Å². The van der Waals surface area contributed by atoms with Crippen LogP contribution >= 0.6 is 0 Å². The molecule has 0 radical (unpaired) electrons. The van der Waals surface area contributed by atoms with Gasteiger partial charge in [-0.3, -0.25) is 19.2 Å². The molecule has 7 rings (SSSR count). The van der Waals surface area contributed by atoms with E-state index in [1.54, 1.807) is 51.1 Å². The van der Waals surface area contributed by atoms with Gasteiger partial charge in [-0.05, 0) is 62.1 Å². The molecule has 64 heavy (non-hydrogen) atoms. The van der Waals surface area contributed by atoms with E-state index in [-0.39, 0.29) is 61.1 Å². The van der Waals surface area contributed by atoms with Crippen molar-refractivity contribution in [1.29, 1.82) is 0 Å². The predicted molar refractivity (Wildman–Crippen MR) is 246 cm³/mol. The number of fused-ring (bicyclic) bond motifs is 2. The number of nitrogens with two attached hydrogens (primary N) is 1. The number of rotatable bonds is 3. The first-order valence-corrected chi connectivity index (χ1v) is 22.0. The molecule has 3 aliphatic heterocycles. The lowest BCUT2D eigenvalue weighted by atomic mass is 9.77. The van der Waals surface area contributed by atoms with E-state index in [1.165, 1.54) is 33.3 Å². The van der Waals surface area contributed by atoms with Crippen LogP contribution in [0.4, 0.5) is 11.4 Å². The third-order valence-electron chi connectivity index (χ3n) is 13.5. The highest BCUT2D eigenvalue weighted by Crippen LogP contribution is 2.38. The van der Waals surface area contributed by atoms with Crippen molar-refractivity contribution in [2.45, 2.75) is 105 Å². The Kier molecular flexibility index (Phi) is 13.0. The lowest BCUT2D eigenvalue weighted by Crippen LogP contribution is -2.48. The molecule has 0 saturated carbocycles. The molecule has 0 spiro atoms. The van der Waals surface area contributed by atoms with Crippen LogP contribution in [0.1, 0.15) is 73.8 Å². The zero-order valence-corrected chi connectivity index (χ0v) is 38.2. The van der Waals surface area contributed by atoms with E-state index in [2.05, 4.69) is 17.1 Å². The lowest BCUT2D eigenvalue weighted by Gasteiger charge is -2.38. The minimum atomic E-state index is -1.84. The molecule has 0 aliphatic carbocycles. The van der Waals surface area contributed by atoms with Crippen molar-refractivity contribution in [3.63, 3.8) is 0 Å². The van der Waals surface area contributed by atoms with Crippen LogP contribution in [0.5, 0.6) is 5.75 Å². The molecule has 0 unspecified atom stereocenters. The van der Waals surface area contributed by atoms with E-state index in [0.717, 1.165) is 25.9 Å². The summed E-state index contributed by atoms with van der Waals surface area (Å²) in [6, 6.07) is 4.29. The van der Waals surface area contributed by atoms with Crippen molar-refractivity contribution in [3.8, 4) is 5.75 Å². The summed E-state index contributed by atoms with van der Waals surface area (Å²) >= 11 is 0. The molecule has 3 aliphatic rings. The fourth-order valence-corrected chi connectivity index (χ4v) is 9.31. The van der Waals surface area contributed by atoms with E-state index in [1.807, 2.05) is 26.8 Å². The van der Waals surface area contributed by atoms with Crippen LogP contribution < -0.4 is 36.8 Å². The molecule has 4 heterocycles. The zero-order valence-electron chi connectivity index (χ0n) is 38.2. The number of benzene rings is 3. The van der Waals surface area contributed by atoms with Crippen LogP contribution in [0.2, 0.25) is 0 Å². The van der Waals surface area contributed by atoms with Crippen molar-refractivity contribution >= 4 is 62.0 Å². The molecule has 342 valence electrons. The number of piperidine rings is 1. The summed E-state index contributed by atoms with van der Waals surface area (Å²) < 4.78 is 30.8. The first-order valence-electron chi connectivity index (χ1n) is 22.0. The molecule has 15 heteroatoms. The van der Waals surface area contributed by atoms with E-state index in [0.29, 0.717) is 17.2 Å². The monoisotopic (exact) mass is 880 g/mol. The highest BCUT2D eigenvalue weighted by Gasteiger charge is 2.43. The maximum Gasteiger partial charge on any atom is 0.307 e. The number of nitrogens with one attached hydrogen (secondary N) is 1. The lowest BCUT2D eigenvalue weighted by molar-refractivity contribution is -0.159. The van der Waals surface area contributed by atoms with Crippen LogP contribution in [0.3, 0.4) is 0 Å². The van der Waals surface area contributed by atoms with Gasteiger partial charge in [-0.25, -0.2) is 4.98 Å². The average molecular weight is 881 g/mol. The maximum atomic E-state index is 14.8. The van der Waals surface area contributed by atoms with E-state index in [9.17, 15) is 29.4 Å². The minimum absolute atomic E-state index is 0.00170. The number of hydrogen-bond donors (Lipinski definition) is 4. The van der Waals surface area contributed by atoms with Crippen LogP contribution in [0.25, 0.3) is 38.7 Å². The second-order valence-corrected chi connectivity index (χ2v) is 18.2. The fourth-order valence-electron chi connectivity index (χ4n) is 9.31. The second kappa shape index (κ2) is 18.0. The van der Waals surface area contributed by atoms with Gasteiger partial charge in [-0.2, -0.15) is 0 Å². The molecule has 1 amide bonds. The van der Waals surface area contributed by atoms with E-state index >= 15 is 0 Å². The Morgan fingerprint density at radius 1 is 1.00 bits per heavy atom. The Bertz CT molecular complexity index is 2770. The van der Waals surface area contributed by atoms with Gasteiger partial charge >= 0.3 is 11.8 Å². The number of ether oxygens (including phenoxy) is 4. The minimum Gasteiger partial charge on any atom is -0.505 e. The number of aliphatic hydroxyl groups excluding tert-OH is 2. The van der Waals surface area contributed by atoms with Crippen LogP contribution in [-0.4, -0.2) is 77.4 Å². The number of carbonyl (C=O) groups excluding carboxylic acids is 2. The fraction of sp³-hybridized carbons (Fsp3) is 0.490. The topological polar surface area (TPSA) is 213 Å². The highest BCUT2D eigenvalue weighted by molar-refractivity contribution is 6.15. The standard InChI is InChI=1S/C49H60N4O11/c1-23-14-17-53(18-15-23)31-21-33(55)39-35(22-31)63-46-40(51-39)36-32-20-26(4)44-37(36)47(58)49(9,64-44)61-19-16-34(60-10)27(5)45(62-30(8)54)29(7)42(56)28(6)38(50)24(2)12-11-13-25(3)48(59)52-41(46)43(32)57/h11-13,16,19-24,27-29,34,38,42,45,56,58H,14-15,17-18,50H2,1-10H3,(H,52,59)/b12-11+,19-16+,25-13-/t24-,27+,28+,29+,34-,38-,42+,45+,49-/m0/s1. The van der Waals surface area contributed by atoms with Crippen molar-refractivity contribution in [2.75, 3.05) is 30.4 Å². The highest BCUT2D eigenvalue weighted by atomic mass is 16.7. The van der Waals surface area contributed by atoms with Gasteiger partial charge in [0.05, 0.1) is 23.7 Å². The Hall–Kier alpha value is -5.77. The number of esters is 1. The summed E-state index contributed by atoms with van der Waals surface area (Å²) in [5.74, 6) is -4.47. The van der Waals surface area contributed by atoms with E-state index in [4.69, 9.17) is 34.1 Å². The molecule has 1 saturated heterocycles. The summed E-state index contributed by atoms with van der Waals surface area (Å²) in [5, 5.41) is 26.9. The molecule has 9 atom stereocenters. The van der Waals surface area contributed by atoms with Gasteiger partial charge in [0.25, 0.3) is 5.91 Å². The van der Waals surface area contributed by atoms with Gasteiger partial charge in [0.15, 0.2) is 22.4 Å². The summed E-state index contributed by atoms with van der Waals surface area (Å²) in [7, 11) is 1.49. The van der Waals surface area contributed by atoms with Crippen LogP contribution in [-0.2, 0) is 23.8 Å². The Morgan fingerprint density at radius 2 is 1.70 bits per heavy atom. The van der Waals surface area contributed by atoms with Crippen molar-refractivity contribution < 1.29 is 43.2 Å². The number of aliphatic hydroxyl groups is 2. The van der Waals surface area contributed by atoms with Crippen LogP contribution in [0, 0.1) is 36.5 Å². The quantitative estimate of drug-likeness (QED) is 0.105. The van der Waals surface area contributed by atoms with Gasteiger partial charge in [-0.1, -0.05) is 52.8 Å². The maximum absolute atomic E-state index is 14.8. The largest absolute Gasteiger partial charge is 0.505 e. The Morgan fingerprint density at radius 3 is 2.38 bits per heavy atom. The Labute approximate surface area is 371 Å². The summed E-state index contributed by atoms with van der Waals surface area (Å²) in [5.41, 5.74) is 6.94.